The van der Waals surface area contributed by atoms with Crippen LogP contribution in [0.3, 0.4) is 0 Å². The second kappa shape index (κ2) is 5.98. The van der Waals surface area contributed by atoms with Crippen LogP contribution in [0.2, 0.25) is 0 Å². The summed E-state index contributed by atoms with van der Waals surface area (Å²) >= 11 is 1.56. The molecule has 4 rings (SSSR count). The number of pyridine rings is 3. The van der Waals surface area contributed by atoms with Crippen molar-refractivity contribution in [3.05, 3.63) is 59.6 Å². The molecule has 0 saturated carbocycles. The van der Waals surface area contributed by atoms with Gasteiger partial charge in [-0.3, -0.25) is 0 Å². The number of aromatic nitrogens is 4. The number of thiazole rings is 1. The molecule has 0 spiro atoms. The minimum absolute atomic E-state index is 0.731. The van der Waals surface area contributed by atoms with Gasteiger partial charge < -0.3 is 5.32 Å². The second-order valence-corrected chi connectivity index (χ2v) is 6.44. The molecular formula is C18H16N5S+. The summed E-state index contributed by atoms with van der Waals surface area (Å²) in [4.78, 5) is 16.8. The molecule has 4 aromatic rings. The van der Waals surface area contributed by atoms with Gasteiger partial charge >= 0.3 is 0 Å². The van der Waals surface area contributed by atoms with Crippen molar-refractivity contribution in [2.75, 3.05) is 5.32 Å². The number of aryl methyl sites for hydroxylation is 2. The van der Waals surface area contributed by atoms with Gasteiger partial charge in [0.2, 0.25) is 0 Å². The van der Waals surface area contributed by atoms with E-state index in [1.807, 2.05) is 56.0 Å². The Hall–Kier alpha value is -2.86. The third-order valence-corrected chi connectivity index (χ3v) is 4.62. The molecule has 0 aliphatic heterocycles. The number of nitrogens with zero attached hydrogens (tertiary/aromatic N) is 3. The average molecular weight is 334 g/mol. The third kappa shape index (κ3) is 2.72. The Kier molecular flexibility index (Phi) is 3.66. The summed E-state index contributed by atoms with van der Waals surface area (Å²) in [6, 6.07) is 8.20. The quantitative estimate of drug-likeness (QED) is 0.616. The summed E-state index contributed by atoms with van der Waals surface area (Å²) in [5.41, 5.74) is 4.98. The van der Waals surface area contributed by atoms with Crippen LogP contribution in [-0.2, 0) is 0 Å². The number of nitrogens with one attached hydrogen (secondary N) is 2. The first-order valence-corrected chi connectivity index (χ1v) is 8.51. The molecule has 0 saturated heterocycles. The van der Waals surface area contributed by atoms with Gasteiger partial charge in [0, 0.05) is 40.4 Å². The van der Waals surface area contributed by atoms with Crippen LogP contribution < -0.4 is 10.3 Å². The first kappa shape index (κ1) is 14.7. The van der Waals surface area contributed by atoms with Gasteiger partial charge in [-0.05, 0) is 25.5 Å². The van der Waals surface area contributed by atoms with Gasteiger partial charge in [0.05, 0.1) is 5.69 Å². The molecule has 0 radical (unpaired) electrons. The van der Waals surface area contributed by atoms with E-state index in [9.17, 15) is 0 Å². The highest BCUT2D eigenvalue weighted by atomic mass is 32.1. The number of hydrogen-bond donors (Lipinski definition) is 1. The lowest BCUT2D eigenvalue weighted by atomic mass is 10.0. The maximum Gasteiger partial charge on any atom is 0.188 e. The summed E-state index contributed by atoms with van der Waals surface area (Å²) in [6.07, 6.45) is 5.71. The number of fused-ring (bicyclic) bond motifs is 1. The average Bonchev–Trinajstić information content (AvgIpc) is 3.01. The molecule has 0 amide bonds. The maximum absolute atomic E-state index is 4.71. The number of H-pyrrole nitrogens is 1. The van der Waals surface area contributed by atoms with Gasteiger partial charge in [0.15, 0.2) is 23.3 Å². The molecule has 24 heavy (non-hydrogen) atoms. The molecule has 0 aromatic carbocycles. The molecule has 4 aromatic heterocycles. The largest absolute Gasteiger partial charge is 0.314 e. The van der Waals surface area contributed by atoms with Crippen molar-refractivity contribution in [2.45, 2.75) is 13.8 Å². The first-order chi connectivity index (χ1) is 11.7. The monoisotopic (exact) mass is 334 g/mol. The molecule has 4 heterocycles. The van der Waals surface area contributed by atoms with Gasteiger partial charge in [-0.15, -0.1) is 11.3 Å². The zero-order valence-electron chi connectivity index (χ0n) is 13.4. The van der Waals surface area contributed by atoms with Crippen LogP contribution >= 0.6 is 11.3 Å². The zero-order valence-corrected chi connectivity index (χ0v) is 14.2. The van der Waals surface area contributed by atoms with Crippen molar-refractivity contribution in [1.29, 1.82) is 0 Å². The highest BCUT2D eigenvalue weighted by molar-refractivity contribution is 7.13. The molecule has 118 valence electrons. The van der Waals surface area contributed by atoms with Gasteiger partial charge in [0.1, 0.15) is 5.52 Å². The summed E-state index contributed by atoms with van der Waals surface area (Å²) < 4.78 is 0. The topological polar surface area (TPSA) is 64.8 Å². The standard InChI is InChI=1S/C18H15N5S/c1-11-3-4-14-15(13-5-7-19-8-6-13)9-20-17(16(14)21-11)23-18-22-12(2)10-24-18/h3-10H,1-2H3,(H,20,22,23)/p+1. The van der Waals surface area contributed by atoms with Crippen LogP contribution in [0.15, 0.2) is 48.2 Å². The van der Waals surface area contributed by atoms with E-state index in [4.69, 9.17) is 4.98 Å². The third-order valence-electron chi connectivity index (χ3n) is 3.75. The van der Waals surface area contributed by atoms with E-state index in [1.54, 1.807) is 11.3 Å². The van der Waals surface area contributed by atoms with Crippen LogP contribution in [0.4, 0.5) is 10.9 Å². The van der Waals surface area contributed by atoms with Crippen LogP contribution in [0.25, 0.3) is 22.0 Å². The first-order valence-electron chi connectivity index (χ1n) is 7.63. The molecule has 0 atom stereocenters. The Morgan fingerprint density at radius 1 is 1.00 bits per heavy atom. The predicted octanol–water partition coefficient (Wildman–Crippen LogP) is 3.93. The Morgan fingerprint density at radius 2 is 1.83 bits per heavy atom. The minimum atomic E-state index is 0.731. The van der Waals surface area contributed by atoms with E-state index >= 15 is 0 Å². The SMILES string of the molecule is Cc1csc(Nc2ncc(-c3cc[nH+]cc3)c3ccc(C)nc23)n1. The van der Waals surface area contributed by atoms with Crippen molar-refractivity contribution in [3.63, 3.8) is 0 Å². The fourth-order valence-electron chi connectivity index (χ4n) is 2.61. The van der Waals surface area contributed by atoms with Crippen molar-refractivity contribution in [1.82, 2.24) is 15.0 Å². The van der Waals surface area contributed by atoms with E-state index in [0.29, 0.717) is 0 Å². The fourth-order valence-corrected chi connectivity index (χ4v) is 3.30. The number of hydrogen-bond acceptors (Lipinski definition) is 5. The van der Waals surface area contributed by atoms with Crippen LogP contribution in [0.5, 0.6) is 0 Å². The fraction of sp³-hybridized carbons (Fsp3) is 0.111. The molecule has 5 nitrogen and oxygen atoms in total. The lowest BCUT2D eigenvalue weighted by molar-refractivity contribution is -0.377. The Morgan fingerprint density at radius 3 is 2.58 bits per heavy atom. The molecule has 6 heteroatoms. The second-order valence-electron chi connectivity index (χ2n) is 5.58. The predicted molar refractivity (Wildman–Crippen MR) is 96.4 cm³/mol. The highest BCUT2D eigenvalue weighted by Crippen LogP contribution is 2.32. The normalized spacial score (nSPS) is 10.9. The lowest BCUT2D eigenvalue weighted by Gasteiger charge is -2.10. The summed E-state index contributed by atoms with van der Waals surface area (Å²) in [5.74, 6) is 0.731. The van der Waals surface area contributed by atoms with Crippen LogP contribution in [-0.4, -0.2) is 15.0 Å². The van der Waals surface area contributed by atoms with Crippen molar-refractivity contribution in [3.8, 4) is 11.1 Å². The van der Waals surface area contributed by atoms with Crippen molar-refractivity contribution >= 4 is 33.2 Å². The molecule has 0 aliphatic rings. The maximum atomic E-state index is 4.71. The Labute approximate surface area is 143 Å². The van der Waals surface area contributed by atoms with Gasteiger partial charge in [-0.25, -0.2) is 19.9 Å². The van der Waals surface area contributed by atoms with Gasteiger partial charge in [0.25, 0.3) is 0 Å². The van der Waals surface area contributed by atoms with E-state index < -0.39 is 0 Å². The molecule has 0 bridgehead atoms. The van der Waals surface area contributed by atoms with Crippen molar-refractivity contribution < 1.29 is 4.98 Å². The van der Waals surface area contributed by atoms with E-state index in [0.717, 1.165) is 44.4 Å². The molecule has 0 aliphatic carbocycles. The van der Waals surface area contributed by atoms with E-state index in [2.05, 4.69) is 26.3 Å². The molecule has 2 N–H and O–H groups in total. The zero-order chi connectivity index (χ0) is 16.5. The Balaban J connectivity index is 1.89. The number of aromatic amines is 1. The summed E-state index contributed by atoms with van der Waals surface area (Å²) in [6.45, 7) is 3.96. The van der Waals surface area contributed by atoms with Gasteiger partial charge in [-0.1, -0.05) is 6.07 Å². The van der Waals surface area contributed by atoms with E-state index in [-0.39, 0.29) is 0 Å². The molecular weight excluding hydrogens is 318 g/mol. The lowest BCUT2D eigenvalue weighted by Crippen LogP contribution is -2.00. The molecule has 0 fully saturated rings. The summed E-state index contributed by atoms with van der Waals surface area (Å²) in [5, 5.41) is 7.21. The molecule has 0 unspecified atom stereocenters. The smallest absolute Gasteiger partial charge is 0.188 e. The van der Waals surface area contributed by atoms with Crippen LogP contribution in [0.1, 0.15) is 11.4 Å². The van der Waals surface area contributed by atoms with Crippen molar-refractivity contribution in [2.24, 2.45) is 0 Å². The number of anilines is 2. The minimum Gasteiger partial charge on any atom is -0.314 e. The van der Waals surface area contributed by atoms with Gasteiger partial charge in [-0.2, -0.15) is 0 Å². The number of rotatable bonds is 3. The van der Waals surface area contributed by atoms with Crippen LogP contribution in [0, 0.1) is 13.8 Å². The highest BCUT2D eigenvalue weighted by Gasteiger charge is 2.12. The summed E-state index contributed by atoms with van der Waals surface area (Å²) in [7, 11) is 0. The Bertz CT molecular complexity index is 1010. The van der Waals surface area contributed by atoms with E-state index in [1.165, 1.54) is 0 Å².